The van der Waals surface area contributed by atoms with Gasteiger partial charge < -0.3 is 5.32 Å². The molecule has 13 heavy (non-hydrogen) atoms. The quantitative estimate of drug-likeness (QED) is 0.701. The van der Waals surface area contributed by atoms with E-state index < -0.39 is 0 Å². The SMILES string of the molecule is CCNCC(CC)N1CCCCC1. The van der Waals surface area contributed by atoms with E-state index in [1.54, 1.807) is 0 Å². The van der Waals surface area contributed by atoms with Crippen molar-refractivity contribution in [3.8, 4) is 0 Å². The smallest absolute Gasteiger partial charge is 0.0218 e. The molecule has 0 aromatic heterocycles. The molecule has 0 bridgehead atoms. The standard InChI is InChI=1S/C11H24N2/c1-3-11(10-12-4-2)13-8-6-5-7-9-13/h11-12H,3-10H2,1-2H3. The van der Waals surface area contributed by atoms with Gasteiger partial charge in [0.25, 0.3) is 0 Å². The Hall–Kier alpha value is -0.0800. The van der Waals surface area contributed by atoms with Crippen molar-refractivity contribution in [3.63, 3.8) is 0 Å². The highest BCUT2D eigenvalue weighted by molar-refractivity contribution is 4.75. The summed E-state index contributed by atoms with van der Waals surface area (Å²) in [6, 6.07) is 0.778. The molecule has 2 nitrogen and oxygen atoms in total. The Morgan fingerprint density at radius 1 is 1.15 bits per heavy atom. The normalized spacial score (nSPS) is 21.7. The summed E-state index contributed by atoms with van der Waals surface area (Å²) in [5.41, 5.74) is 0. The lowest BCUT2D eigenvalue weighted by Crippen LogP contribution is -2.44. The molecule has 1 aliphatic heterocycles. The minimum absolute atomic E-state index is 0.778. The third kappa shape index (κ3) is 3.65. The highest BCUT2D eigenvalue weighted by atomic mass is 15.2. The molecule has 0 aliphatic carbocycles. The van der Waals surface area contributed by atoms with Gasteiger partial charge in [-0.05, 0) is 38.9 Å². The van der Waals surface area contributed by atoms with E-state index in [9.17, 15) is 0 Å². The van der Waals surface area contributed by atoms with Crippen LogP contribution in [-0.2, 0) is 0 Å². The van der Waals surface area contributed by atoms with Crippen LogP contribution >= 0.6 is 0 Å². The van der Waals surface area contributed by atoms with E-state index in [0.717, 1.165) is 12.6 Å². The zero-order chi connectivity index (χ0) is 9.52. The minimum atomic E-state index is 0.778. The fourth-order valence-corrected chi connectivity index (χ4v) is 2.13. The number of likely N-dealkylation sites (N-methyl/N-ethyl adjacent to an activating group) is 1. The summed E-state index contributed by atoms with van der Waals surface area (Å²) in [7, 11) is 0. The molecule has 0 aromatic carbocycles. The van der Waals surface area contributed by atoms with E-state index in [0.29, 0.717) is 0 Å². The number of likely N-dealkylation sites (tertiary alicyclic amines) is 1. The maximum atomic E-state index is 3.45. The van der Waals surface area contributed by atoms with Gasteiger partial charge in [-0.15, -0.1) is 0 Å². The van der Waals surface area contributed by atoms with Gasteiger partial charge in [0.2, 0.25) is 0 Å². The Balaban J connectivity index is 2.26. The summed E-state index contributed by atoms with van der Waals surface area (Å²) in [4.78, 5) is 2.66. The third-order valence-corrected chi connectivity index (χ3v) is 3.01. The lowest BCUT2D eigenvalue weighted by Gasteiger charge is -2.34. The van der Waals surface area contributed by atoms with Gasteiger partial charge in [0.05, 0.1) is 0 Å². The first-order chi connectivity index (χ1) is 6.38. The topological polar surface area (TPSA) is 15.3 Å². The molecule has 1 fully saturated rings. The first kappa shape index (κ1) is 11.0. The summed E-state index contributed by atoms with van der Waals surface area (Å²) < 4.78 is 0. The van der Waals surface area contributed by atoms with E-state index in [-0.39, 0.29) is 0 Å². The Kier molecular flexibility index (Phi) is 5.40. The van der Waals surface area contributed by atoms with Crippen LogP contribution in [0.15, 0.2) is 0 Å². The molecule has 0 amide bonds. The zero-order valence-corrected chi connectivity index (χ0v) is 9.18. The number of piperidine rings is 1. The summed E-state index contributed by atoms with van der Waals surface area (Å²) in [5, 5.41) is 3.45. The molecular formula is C11H24N2. The Bertz CT molecular complexity index is 119. The van der Waals surface area contributed by atoms with Crippen molar-refractivity contribution in [3.05, 3.63) is 0 Å². The first-order valence-corrected chi connectivity index (χ1v) is 5.83. The van der Waals surface area contributed by atoms with Crippen molar-refractivity contribution >= 4 is 0 Å². The molecule has 0 aromatic rings. The fraction of sp³-hybridized carbons (Fsp3) is 1.00. The van der Waals surface area contributed by atoms with Gasteiger partial charge >= 0.3 is 0 Å². The number of hydrogen-bond acceptors (Lipinski definition) is 2. The van der Waals surface area contributed by atoms with Crippen LogP contribution < -0.4 is 5.32 Å². The van der Waals surface area contributed by atoms with Crippen molar-refractivity contribution in [1.29, 1.82) is 0 Å². The van der Waals surface area contributed by atoms with E-state index in [4.69, 9.17) is 0 Å². The minimum Gasteiger partial charge on any atom is -0.315 e. The summed E-state index contributed by atoms with van der Waals surface area (Å²) in [6.07, 6.45) is 5.53. The zero-order valence-electron chi connectivity index (χ0n) is 9.18. The van der Waals surface area contributed by atoms with Crippen LogP contribution in [0, 0.1) is 0 Å². The average molecular weight is 184 g/mol. The van der Waals surface area contributed by atoms with Gasteiger partial charge in [-0.25, -0.2) is 0 Å². The van der Waals surface area contributed by atoms with Crippen molar-refractivity contribution in [2.75, 3.05) is 26.2 Å². The van der Waals surface area contributed by atoms with Gasteiger partial charge in [-0.1, -0.05) is 20.3 Å². The third-order valence-electron chi connectivity index (χ3n) is 3.01. The lowest BCUT2D eigenvalue weighted by molar-refractivity contribution is 0.156. The maximum Gasteiger partial charge on any atom is 0.0218 e. The summed E-state index contributed by atoms with van der Waals surface area (Å²) in [6.45, 7) is 9.41. The van der Waals surface area contributed by atoms with Crippen LogP contribution in [-0.4, -0.2) is 37.1 Å². The van der Waals surface area contributed by atoms with Crippen LogP contribution in [0.4, 0.5) is 0 Å². The van der Waals surface area contributed by atoms with Crippen LogP contribution in [0.2, 0.25) is 0 Å². The molecule has 1 atom stereocenters. The number of nitrogens with one attached hydrogen (secondary N) is 1. The van der Waals surface area contributed by atoms with Crippen molar-refractivity contribution in [2.24, 2.45) is 0 Å². The van der Waals surface area contributed by atoms with Crippen LogP contribution in [0.3, 0.4) is 0 Å². The van der Waals surface area contributed by atoms with Crippen LogP contribution in [0.25, 0.3) is 0 Å². The largest absolute Gasteiger partial charge is 0.315 e. The predicted octanol–water partition coefficient (Wildman–Crippen LogP) is 1.86. The second-order valence-corrected chi connectivity index (χ2v) is 3.97. The van der Waals surface area contributed by atoms with E-state index >= 15 is 0 Å². The summed E-state index contributed by atoms with van der Waals surface area (Å²) >= 11 is 0. The monoisotopic (exact) mass is 184 g/mol. The molecule has 1 unspecified atom stereocenters. The number of rotatable bonds is 5. The van der Waals surface area contributed by atoms with E-state index in [2.05, 4.69) is 24.1 Å². The molecule has 1 saturated heterocycles. The van der Waals surface area contributed by atoms with Crippen molar-refractivity contribution in [1.82, 2.24) is 10.2 Å². The maximum absolute atomic E-state index is 3.45. The highest BCUT2D eigenvalue weighted by Crippen LogP contribution is 2.13. The molecule has 1 aliphatic rings. The Morgan fingerprint density at radius 2 is 1.85 bits per heavy atom. The van der Waals surface area contributed by atoms with Crippen LogP contribution in [0.1, 0.15) is 39.5 Å². The first-order valence-electron chi connectivity index (χ1n) is 5.83. The molecule has 78 valence electrons. The lowest BCUT2D eigenvalue weighted by atomic mass is 10.1. The number of hydrogen-bond donors (Lipinski definition) is 1. The van der Waals surface area contributed by atoms with Gasteiger partial charge in [0.1, 0.15) is 0 Å². The second kappa shape index (κ2) is 6.39. The van der Waals surface area contributed by atoms with Crippen LogP contribution in [0.5, 0.6) is 0 Å². The molecular weight excluding hydrogens is 160 g/mol. The van der Waals surface area contributed by atoms with E-state index in [1.165, 1.54) is 45.3 Å². The predicted molar refractivity (Wildman–Crippen MR) is 58.0 cm³/mol. The fourth-order valence-electron chi connectivity index (χ4n) is 2.13. The Labute approximate surface area is 82.7 Å². The molecule has 0 radical (unpaired) electrons. The summed E-state index contributed by atoms with van der Waals surface area (Å²) in [5.74, 6) is 0. The van der Waals surface area contributed by atoms with Gasteiger partial charge in [0.15, 0.2) is 0 Å². The van der Waals surface area contributed by atoms with Gasteiger partial charge in [-0.2, -0.15) is 0 Å². The molecule has 0 spiro atoms. The van der Waals surface area contributed by atoms with Gasteiger partial charge in [-0.3, -0.25) is 4.90 Å². The average Bonchev–Trinajstić information content (AvgIpc) is 2.21. The Morgan fingerprint density at radius 3 is 2.38 bits per heavy atom. The van der Waals surface area contributed by atoms with E-state index in [1.807, 2.05) is 0 Å². The molecule has 2 heteroatoms. The van der Waals surface area contributed by atoms with Gasteiger partial charge in [0, 0.05) is 12.6 Å². The molecule has 0 saturated carbocycles. The molecule has 1 rings (SSSR count). The van der Waals surface area contributed by atoms with Crippen molar-refractivity contribution in [2.45, 2.75) is 45.6 Å². The molecule has 1 heterocycles. The second-order valence-electron chi connectivity index (χ2n) is 3.97. The highest BCUT2D eigenvalue weighted by Gasteiger charge is 2.17. The van der Waals surface area contributed by atoms with Crippen molar-refractivity contribution < 1.29 is 0 Å². The molecule has 1 N–H and O–H groups in total. The number of nitrogens with zero attached hydrogens (tertiary/aromatic N) is 1.